The number of nitrogens with one attached hydrogen (secondary N) is 2. The van der Waals surface area contributed by atoms with Crippen LogP contribution in [0.1, 0.15) is 89.0 Å². The number of ether oxygens (including phenoxy) is 9. The summed E-state index contributed by atoms with van der Waals surface area (Å²) in [6.45, 7) is 12.2. The SMILES string of the molecule is C[C@H]1C[C@@H](CCCO[Si](C)(C)C(C)(C)C)[C@H](O)[C@@H](O[C@@H]2O[C@H](CO)[C@@H](O[C@H]3O[C@H]4CCC(c5ccccc5)O[C@H]4[C@H](O)[C@H]3NC(=O)OCc3ccccc3)[C@H]2O)[C@@H]1O[C@H]1O[C@H](CN=[N+]=[N-])[C@@H](O)C[C@H]1NC(=O)OCc1ccccc1. The highest BCUT2D eigenvalue weighted by Gasteiger charge is 2.56. The number of carbonyl (C=O) groups is 2. The second-order valence-electron chi connectivity index (χ2n) is 23.1. The lowest BCUT2D eigenvalue weighted by Crippen LogP contribution is -2.66. The molecule has 0 aromatic heterocycles. The number of rotatable bonds is 21. The maximum atomic E-state index is 13.5. The lowest BCUT2D eigenvalue weighted by molar-refractivity contribution is -0.311. The predicted octanol–water partition coefficient (Wildman–Crippen LogP) is 6.42. The van der Waals surface area contributed by atoms with Crippen LogP contribution in [-0.2, 0) is 60.3 Å². The molecule has 5 aliphatic rings. The summed E-state index contributed by atoms with van der Waals surface area (Å²) in [5.74, 6) is -0.757. The van der Waals surface area contributed by atoms with E-state index in [9.17, 15) is 40.7 Å². The minimum atomic E-state index is -2.09. The van der Waals surface area contributed by atoms with Gasteiger partial charge in [0.25, 0.3) is 0 Å². The quantitative estimate of drug-likeness (QED) is 0.0199. The van der Waals surface area contributed by atoms with E-state index in [1.54, 1.807) is 24.3 Å². The number of azide groups is 1. The monoisotopic (exact) mass is 1140 g/mol. The van der Waals surface area contributed by atoms with Crippen molar-refractivity contribution in [3.63, 3.8) is 0 Å². The first kappa shape index (κ1) is 61.3. The van der Waals surface area contributed by atoms with Crippen molar-refractivity contribution < 1.29 is 82.2 Å². The number of nitrogens with zero attached hydrogens (tertiary/aromatic N) is 3. The van der Waals surface area contributed by atoms with Crippen molar-refractivity contribution in [2.75, 3.05) is 19.8 Å². The average Bonchev–Trinajstić information content (AvgIpc) is 3.76. The number of aliphatic hydroxyl groups is 5. The van der Waals surface area contributed by atoms with Gasteiger partial charge in [0.15, 0.2) is 27.2 Å². The van der Waals surface area contributed by atoms with Gasteiger partial charge in [0.1, 0.15) is 55.9 Å². The number of hydrogen-bond donors (Lipinski definition) is 7. The van der Waals surface area contributed by atoms with Gasteiger partial charge >= 0.3 is 12.2 Å². The molecular formula is C57H81N5O17Si. The van der Waals surface area contributed by atoms with E-state index in [4.69, 9.17) is 47.1 Å². The van der Waals surface area contributed by atoms with Crippen LogP contribution < -0.4 is 10.6 Å². The fourth-order valence-corrected chi connectivity index (χ4v) is 12.1. The van der Waals surface area contributed by atoms with Gasteiger partial charge in [0, 0.05) is 17.9 Å². The van der Waals surface area contributed by atoms with E-state index in [2.05, 4.69) is 54.5 Å². The molecule has 0 bridgehead atoms. The smallest absolute Gasteiger partial charge is 0.407 e. The summed E-state index contributed by atoms with van der Waals surface area (Å²) >= 11 is 0. The van der Waals surface area contributed by atoms with Gasteiger partial charge in [-0.1, -0.05) is 124 Å². The average molecular weight is 1140 g/mol. The third-order valence-electron chi connectivity index (χ3n) is 16.5. The Hall–Kier alpha value is -4.79. The van der Waals surface area contributed by atoms with Crippen LogP contribution in [0.3, 0.4) is 0 Å². The summed E-state index contributed by atoms with van der Waals surface area (Å²) in [5.41, 5.74) is 11.6. The summed E-state index contributed by atoms with van der Waals surface area (Å²) in [6, 6.07) is 25.3. The fourth-order valence-electron chi connectivity index (χ4n) is 11.0. The van der Waals surface area contributed by atoms with E-state index in [1.807, 2.05) is 73.7 Å². The molecule has 1 saturated carbocycles. The van der Waals surface area contributed by atoms with Crippen molar-refractivity contribution in [3.05, 3.63) is 118 Å². The van der Waals surface area contributed by atoms with Crippen LogP contribution in [0, 0.1) is 11.8 Å². The molecule has 7 N–H and O–H groups in total. The highest BCUT2D eigenvalue weighted by molar-refractivity contribution is 6.74. The van der Waals surface area contributed by atoms with E-state index in [0.29, 0.717) is 38.7 Å². The minimum absolute atomic E-state index is 0.0123. The van der Waals surface area contributed by atoms with Crippen LogP contribution in [-0.4, -0.2) is 164 Å². The molecule has 0 radical (unpaired) electrons. The highest BCUT2D eigenvalue weighted by Crippen LogP contribution is 2.43. The molecule has 8 rings (SSSR count). The molecule has 80 heavy (non-hydrogen) atoms. The van der Waals surface area contributed by atoms with Gasteiger partial charge in [-0.25, -0.2) is 9.59 Å². The molecule has 3 aromatic carbocycles. The van der Waals surface area contributed by atoms with Crippen LogP contribution >= 0.6 is 0 Å². The van der Waals surface area contributed by atoms with Crippen LogP contribution in [0.2, 0.25) is 18.1 Å². The molecule has 5 fully saturated rings. The zero-order chi connectivity index (χ0) is 57.1. The zero-order valence-corrected chi connectivity index (χ0v) is 47.4. The number of aliphatic hydroxyl groups excluding tert-OH is 5. The van der Waals surface area contributed by atoms with Gasteiger partial charge in [-0.05, 0) is 84.3 Å². The largest absolute Gasteiger partial charge is 0.445 e. The maximum Gasteiger partial charge on any atom is 0.407 e. The van der Waals surface area contributed by atoms with Gasteiger partial charge in [-0.15, -0.1) is 0 Å². The molecule has 3 aromatic rings. The van der Waals surface area contributed by atoms with E-state index in [1.165, 1.54) is 0 Å². The Labute approximate surface area is 468 Å². The summed E-state index contributed by atoms with van der Waals surface area (Å²) in [5, 5.41) is 68.1. The first-order valence-corrected chi connectivity index (χ1v) is 30.8. The Morgan fingerprint density at radius 3 is 1.95 bits per heavy atom. The Kier molecular flexibility index (Phi) is 21.4. The summed E-state index contributed by atoms with van der Waals surface area (Å²) in [7, 11) is -2.09. The number of benzene rings is 3. The Bertz CT molecular complexity index is 2460. The number of hydrogen-bond acceptors (Lipinski definition) is 18. The maximum absolute atomic E-state index is 13.5. The first-order chi connectivity index (χ1) is 38.3. The molecule has 23 heteroatoms. The predicted molar refractivity (Wildman–Crippen MR) is 290 cm³/mol. The van der Waals surface area contributed by atoms with E-state index >= 15 is 0 Å². The Morgan fingerprint density at radius 1 is 0.725 bits per heavy atom. The molecule has 440 valence electrons. The third-order valence-corrected chi connectivity index (χ3v) is 21.0. The van der Waals surface area contributed by atoms with Gasteiger partial charge in [-0.2, -0.15) is 0 Å². The second-order valence-corrected chi connectivity index (χ2v) is 28.0. The minimum Gasteiger partial charge on any atom is -0.445 e. The lowest BCUT2D eigenvalue weighted by atomic mass is 9.74. The third kappa shape index (κ3) is 15.4. The molecule has 0 spiro atoms. The topological polar surface area (TPSA) is 300 Å². The second kappa shape index (κ2) is 28.0. The van der Waals surface area contributed by atoms with Crippen molar-refractivity contribution in [2.45, 2.75) is 202 Å². The zero-order valence-electron chi connectivity index (χ0n) is 46.4. The standard InChI is InChI=1S/C57H81N5O17Si/c1-33-27-37(23-16-26-72-80(5,6)57(2,3)4)45(65)51(48(33)77-52-38(28-39(64)42(75-52)29-59-62-58)60-55(68)70-31-34-17-10-7-11-18-34)79-54-47(67)50(43(30-63)76-54)78-53-44(61-56(69)71-32-35-19-12-8-13-20-35)46(66)49-41(74-53)25-24-40(73-49)36-21-14-9-15-22-36/h7-15,17-22,33,37-54,63-67H,16,23-32H2,1-6H3,(H,60,68)(H,61,69)/t33-,37+,38+,39-,40?,41-,42+,43+,44+,45-,46+,47+,48+,49+,50+,51+,52+,53+,54-/m0/s1. The number of alkyl carbamates (subject to hydrolysis) is 2. The molecular weight excluding hydrogens is 1050 g/mol. The highest BCUT2D eigenvalue weighted by atomic mass is 28.4. The van der Waals surface area contributed by atoms with Crippen LogP contribution in [0.4, 0.5) is 9.59 Å². The van der Waals surface area contributed by atoms with Crippen molar-refractivity contribution in [3.8, 4) is 0 Å². The Balaban J connectivity index is 1.03. The summed E-state index contributed by atoms with van der Waals surface area (Å²) in [6.07, 6.45) is -17.1. The molecule has 19 atom stereocenters. The molecule has 4 saturated heterocycles. The molecule has 4 heterocycles. The lowest BCUT2D eigenvalue weighted by Gasteiger charge is -2.48. The van der Waals surface area contributed by atoms with Crippen molar-refractivity contribution in [2.24, 2.45) is 17.0 Å². The molecule has 4 aliphatic heterocycles. The van der Waals surface area contributed by atoms with Gasteiger partial charge in [0.2, 0.25) is 0 Å². The summed E-state index contributed by atoms with van der Waals surface area (Å²) < 4.78 is 63.1. The van der Waals surface area contributed by atoms with Crippen LogP contribution in [0.5, 0.6) is 0 Å². The van der Waals surface area contributed by atoms with E-state index in [-0.39, 0.29) is 49.2 Å². The van der Waals surface area contributed by atoms with E-state index in [0.717, 1.165) is 16.7 Å². The molecule has 1 aliphatic carbocycles. The molecule has 1 unspecified atom stereocenters. The van der Waals surface area contributed by atoms with Crippen molar-refractivity contribution in [1.82, 2.24) is 10.6 Å². The molecule has 22 nitrogen and oxygen atoms in total. The van der Waals surface area contributed by atoms with Gasteiger partial charge in [-0.3, -0.25) is 0 Å². The Morgan fingerprint density at radius 2 is 1.32 bits per heavy atom. The summed E-state index contributed by atoms with van der Waals surface area (Å²) in [4.78, 5) is 29.7. The van der Waals surface area contributed by atoms with E-state index < -0.39 is 125 Å². The van der Waals surface area contributed by atoms with Gasteiger partial charge in [0.05, 0.1) is 55.8 Å². The van der Waals surface area contributed by atoms with Gasteiger partial charge < -0.3 is 83.2 Å². The molecule has 2 amide bonds. The van der Waals surface area contributed by atoms with Crippen LogP contribution in [0.25, 0.3) is 10.4 Å². The van der Waals surface area contributed by atoms with Crippen LogP contribution in [0.15, 0.2) is 96.1 Å². The fraction of sp³-hybridized carbons (Fsp3) is 0.649. The first-order valence-electron chi connectivity index (χ1n) is 27.9. The van der Waals surface area contributed by atoms with Crippen molar-refractivity contribution in [1.29, 1.82) is 0 Å². The number of amides is 2. The number of carbonyl (C=O) groups excluding carboxylic acids is 2. The normalized spacial score (nSPS) is 34.6. The van der Waals surface area contributed by atoms with Crippen molar-refractivity contribution >= 4 is 20.5 Å². The number of fused-ring (bicyclic) bond motifs is 1.